The Hall–Kier alpha value is -2.03. The molecule has 0 aliphatic rings. The number of carbonyl (C=O) groups is 1. The summed E-state index contributed by atoms with van der Waals surface area (Å²) in [6, 6.07) is 7.18. The molecule has 0 bridgehead atoms. The van der Waals surface area contributed by atoms with Gasteiger partial charge in [-0.15, -0.1) is 11.3 Å². The molecular formula is C15H12ClFN4OS2. The molecule has 0 saturated heterocycles. The van der Waals surface area contributed by atoms with Gasteiger partial charge in [0, 0.05) is 5.69 Å². The van der Waals surface area contributed by atoms with Crippen LogP contribution in [0.2, 0.25) is 5.02 Å². The van der Waals surface area contributed by atoms with Crippen molar-refractivity contribution in [2.45, 2.75) is 13.0 Å². The number of aromatic amines is 1. The number of hydrogen-bond donors (Lipinski definition) is 2. The van der Waals surface area contributed by atoms with Gasteiger partial charge in [-0.05, 0) is 48.8 Å². The van der Waals surface area contributed by atoms with E-state index in [1.54, 1.807) is 11.5 Å². The molecule has 5 nitrogen and oxygen atoms in total. The molecular weight excluding hydrogens is 371 g/mol. The molecule has 0 spiro atoms. The maximum Gasteiger partial charge on any atom is 0.247 e. The number of H-pyrrole nitrogens is 1. The number of rotatable bonds is 4. The van der Waals surface area contributed by atoms with E-state index in [4.69, 9.17) is 23.8 Å². The maximum atomic E-state index is 13.2. The van der Waals surface area contributed by atoms with Crippen LogP contribution >= 0.6 is 35.2 Å². The van der Waals surface area contributed by atoms with Gasteiger partial charge >= 0.3 is 0 Å². The van der Waals surface area contributed by atoms with Crippen molar-refractivity contribution in [3.05, 3.63) is 51.3 Å². The van der Waals surface area contributed by atoms with Crippen LogP contribution in [0.3, 0.4) is 0 Å². The standard InChI is InChI=1S/C15H12ClFN4OS2/c1-8(14(22)18-9-4-5-11(17)10(16)7-9)21-13(19-20-15(21)23)12-3-2-6-24-12/h2-8H,1H3,(H,18,22)(H,20,23). The largest absolute Gasteiger partial charge is 0.324 e. The number of aromatic nitrogens is 3. The van der Waals surface area contributed by atoms with Crippen LogP contribution in [0, 0.1) is 10.6 Å². The Morgan fingerprint density at radius 3 is 2.96 bits per heavy atom. The van der Waals surface area contributed by atoms with Crippen molar-refractivity contribution in [2.24, 2.45) is 0 Å². The third-order valence-corrected chi connectivity index (χ3v) is 4.84. The molecule has 3 aromatic rings. The molecule has 24 heavy (non-hydrogen) atoms. The second-order valence-electron chi connectivity index (χ2n) is 4.99. The highest BCUT2D eigenvalue weighted by Gasteiger charge is 2.21. The first-order valence-corrected chi connectivity index (χ1v) is 8.60. The summed E-state index contributed by atoms with van der Waals surface area (Å²) in [5.74, 6) is -0.262. The van der Waals surface area contributed by atoms with E-state index in [0.717, 1.165) is 4.88 Å². The van der Waals surface area contributed by atoms with Crippen LogP contribution in [0.4, 0.5) is 10.1 Å². The van der Waals surface area contributed by atoms with E-state index in [1.807, 2.05) is 17.5 Å². The van der Waals surface area contributed by atoms with Crippen LogP contribution in [0.15, 0.2) is 35.7 Å². The van der Waals surface area contributed by atoms with Crippen molar-refractivity contribution in [2.75, 3.05) is 5.32 Å². The number of benzene rings is 1. The van der Waals surface area contributed by atoms with Gasteiger partial charge in [-0.25, -0.2) is 4.39 Å². The van der Waals surface area contributed by atoms with Gasteiger partial charge in [0.05, 0.1) is 9.90 Å². The van der Waals surface area contributed by atoms with Gasteiger partial charge in [-0.1, -0.05) is 17.7 Å². The summed E-state index contributed by atoms with van der Waals surface area (Å²) in [6.45, 7) is 1.71. The van der Waals surface area contributed by atoms with Crippen molar-refractivity contribution in [3.63, 3.8) is 0 Å². The third kappa shape index (κ3) is 3.26. The van der Waals surface area contributed by atoms with Crippen LogP contribution in [0.1, 0.15) is 13.0 Å². The Morgan fingerprint density at radius 1 is 1.50 bits per heavy atom. The van der Waals surface area contributed by atoms with E-state index in [2.05, 4.69) is 15.5 Å². The van der Waals surface area contributed by atoms with E-state index < -0.39 is 11.9 Å². The zero-order chi connectivity index (χ0) is 17.3. The number of thiophene rings is 1. The lowest BCUT2D eigenvalue weighted by Crippen LogP contribution is -2.24. The number of hydrogen-bond acceptors (Lipinski definition) is 4. The molecule has 1 aromatic carbocycles. The quantitative estimate of drug-likeness (QED) is 0.645. The van der Waals surface area contributed by atoms with E-state index in [0.29, 0.717) is 16.3 Å². The lowest BCUT2D eigenvalue weighted by molar-refractivity contribution is -0.118. The van der Waals surface area contributed by atoms with Crippen molar-refractivity contribution < 1.29 is 9.18 Å². The molecule has 9 heteroatoms. The van der Waals surface area contributed by atoms with E-state index in [9.17, 15) is 9.18 Å². The topological polar surface area (TPSA) is 62.7 Å². The highest BCUT2D eigenvalue weighted by Crippen LogP contribution is 2.26. The molecule has 0 aliphatic carbocycles. The normalized spacial score (nSPS) is 12.1. The van der Waals surface area contributed by atoms with Crippen molar-refractivity contribution in [1.82, 2.24) is 14.8 Å². The first kappa shape index (κ1) is 16.8. The van der Waals surface area contributed by atoms with Gasteiger partial charge in [0.15, 0.2) is 10.6 Å². The van der Waals surface area contributed by atoms with Gasteiger partial charge in [-0.3, -0.25) is 14.5 Å². The predicted octanol–water partition coefficient (Wildman–Crippen LogP) is 4.66. The average Bonchev–Trinajstić information content (AvgIpc) is 3.19. The van der Waals surface area contributed by atoms with Gasteiger partial charge < -0.3 is 5.32 Å². The van der Waals surface area contributed by atoms with Gasteiger partial charge in [0.25, 0.3) is 0 Å². The van der Waals surface area contributed by atoms with E-state index >= 15 is 0 Å². The number of nitrogens with one attached hydrogen (secondary N) is 2. The first-order chi connectivity index (χ1) is 11.5. The fourth-order valence-electron chi connectivity index (χ4n) is 2.18. The van der Waals surface area contributed by atoms with Gasteiger partial charge in [-0.2, -0.15) is 5.10 Å². The average molecular weight is 383 g/mol. The SMILES string of the molecule is CC(C(=O)Nc1ccc(F)c(Cl)c1)n1c(-c2cccs2)n[nH]c1=S. The summed E-state index contributed by atoms with van der Waals surface area (Å²) < 4.78 is 15.2. The molecule has 1 unspecified atom stereocenters. The van der Waals surface area contributed by atoms with Crippen molar-refractivity contribution >= 4 is 46.8 Å². The van der Waals surface area contributed by atoms with Crippen LogP contribution in [-0.2, 0) is 4.79 Å². The van der Waals surface area contributed by atoms with E-state index in [1.165, 1.54) is 29.5 Å². The fourth-order valence-corrected chi connectivity index (χ4v) is 3.36. The summed E-state index contributed by atoms with van der Waals surface area (Å²) in [7, 11) is 0. The summed E-state index contributed by atoms with van der Waals surface area (Å²) in [5.41, 5.74) is 0.408. The van der Waals surface area contributed by atoms with Gasteiger partial charge in [0.1, 0.15) is 11.9 Å². The highest BCUT2D eigenvalue weighted by atomic mass is 35.5. The molecule has 1 amide bonds. The van der Waals surface area contributed by atoms with E-state index in [-0.39, 0.29) is 10.9 Å². The molecule has 0 fully saturated rings. The predicted molar refractivity (Wildman–Crippen MR) is 95.5 cm³/mol. The third-order valence-electron chi connectivity index (χ3n) is 3.40. The first-order valence-electron chi connectivity index (χ1n) is 6.94. The van der Waals surface area contributed by atoms with Crippen molar-refractivity contribution in [1.29, 1.82) is 0 Å². The lowest BCUT2D eigenvalue weighted by Gasteiger charge is -2.15. The number of nitrogens with zero attached hydrogens (tertiary/aromatic N) is 2. The molecule has 2 aromatic heterocycles. The minimum atomic E-state index is -0.614. The Morgan fingerprint density at radius 2 is 2.29 bits per heavy atom. The molecule has 124 valence electrons. The molecule has 1 atom stereocenters. The maximum absolute atomic E-state index is 13.2. The molecule has 0 radical (unpaired) electrons. The minimum absolute atomic E-state index is 0.0559. The monoisotopic (exact) mass is 382 g/mol. The molecule has 3 rings (SSSR count). The molecule has 2 N–H and O–H groups in total. The van der Waals surface area contributed by atoms with Crippen molar-refractivity contribution in [3.8, 4) is 10.7 Å². The Labute approximate surface area is 151 Å². The Bertz CT molecular complexity index is 935. The fraction of sp³-hybridized carbons (Fsp3) is 0.133. The zero-order valence-corrected chi connectivity index (χ0v) is 14.8. The second kappa shape index (κ2) is 6.84. The Balaban J connectivity index is 1.88. The summed E-state index contributed by atoms with van der Waals surface area (Å²) in [5, 5.41) is 11.5. The highest BCUT2D eigenvalue weighted by molar-refractivity contribution is 7.71. The summed E-state index contributed by atoms with van der Waals surface area (Å²) >= 11 is 12.5. The second-order valence-corrected chi connectivity index (χ2v) is 6.74. The van der Waals surface area contributed by atoms with Crippen LogP contribution in [-0.4, -0.2) is 20.7 Å². The summed E-state index contributed by atoms with van der Waals surface area (Å²) in [6.07, 6.45) is 0. The molecule has 2 heterocycles. The number of halogens is 2. The zero-order valence-electron chi connectivity index (χ0n) is 12.4. The smallest absolute Gasteiger partial charge is 0.247 e. The Kier molecular flexibility index (Phi) is 4.79. The minimum Gasteiger partial charge on any atom is -0.324 e. The van der Waals surface area contributed by atoms with Gasteiger partial charge in [0.2, 0.25) is 5.91 Å². The number of anilines is 1. The van der Waals surface area contributed by atoms with Crippen LogP contribution in [0.5, 0.6) is 0 Å². The number of carbonyl (C=O) groups excluding carboxylic acids is 1. The number of amides is 1. The lowest BCUT2D eigenvalue weighted by atomic mass is 10.2. The van der Waals surface area contributed by atoms with Crippen LogP contribution in [0.25, 0.3) is 10.7 Å². The molecule has 0 aliphatic heterocycles. The molecule has 0 saturated carbocycles. The summed E-state index contributed by atoms with van der Waals surface area (Å²) in [4.78, 5) is 13.4. The van der Waals surface area contributed by atoms with Crippen LogP contribution < -0.4 is 5.32 Å².